The molecule has 0 fully saturated rings. The van der Waals surface area contributed by atoms with Gasteiger partial charge in [0.15, 0.2) is 5.78 Å². The maximum atomic E-state index is 13.7. The van der Waals surface area contributed by atoms with Crippen LogP contribution in [0.4, 0.5) is 0 Å². The van der Waals surface area contributed by atoms with E-state index in [4.69, 9.17) is 16.3 Å². The van der Waals surface area contributed by atoms with Crippen LogP contribution in [0.1, 0.15) is 48.3 Å². The van der Waals surface area contributed by atoms with Crippen LogP contribution in [0.5, 0.6) is 5.75 Å². The number of aromatic hydroxyl groups is 1. The van der Waals surface area contributed by atoms with E-state index in [2.05, 4.69) is 5.32 Å². The first kappa shape index (κ1) is 24.8. The molecule has 0 amide bonds. The zero-order chi connectivity index (χ0) is 25.9. The number of phenols is 1. The number of esters is 1. The Labute approximate surface area is 221 Å². The van der Waals surface area contributed by atoms with Crippen molar-refractivity contribution in [3.8, 4) is 5.75 Å². The summed E-state index contributed by atoms with van der Waals surface area (Å²) < 4.78 is 5.72. The summed E-state index contributed by atoms with van der Waals surface area (Å²) in [5.41, 5.74) is 5.42. The first-order valence-electron chi connectivity index (χ1n) is 12.4. The van der Waals surface area contributed by atoms with Crippen LogP contribution in [0.15, 0.2) is 101 Å². The van der Waals surface area contributed by atoms with E-state index in [0.29, 0.717) is 41.1 Å². The van der Waals surface area contributed by atoms with Crippen LogP contribution in [0.3, 0.4) is 0 Å². The number of phenolic OH excluding ortho intramolecular Hbond substituents is 1. The largest absolute Gasteiger partial charge is 0.508 e. The van der Waals surface area contributed by atoms with E-state index in [9.17, 15) is 14.7 Å². The van der Waals surface area contributed by atoms with Gasteiger partial charge in [-0.25, -0.2) is 4.79 Å². The second-order valence-electron chi connectivity index (χ2n) is 9.53. The zero-order valence-electron chi connectivity index (χ0n) is 20.5. The Morgan fingerprint density at radius 2 is 1.65 bits per heavy atom. The predicted octanol–water partition coefficient (Wildman–Crippen LogP) is 6.19. The van der Waals surface area contributed by atoms with Crippen molar-refractivity contribution in [2.45, 2.75) is 38.0 Å². The van der Waals surface area contributed by atoms with E-state index in [1.807, 2.05) is 61.5 Å². The fraction of sp³-hybridized carbons (Fsp3) is 0.226. The van der Waals surface area contributed by atoms with Crippen molar-refractivity contribution in [3.05, 3.63) is 123 Å². The van der Waals surface area contributed by atoms with E-state index < -0.39 is 11.9 Å². The highest BCUT2D eigenvalue weighted by molar-refractivity contribution is 6.30. The molecular weight excluding hydrogens is 486 g/mol. The van der Waals surface area contributed by atoms with Crippen LogP contribution >= 0.6 is 11.6 Å². The summed E-state index contributed by atoms with van der Waals surface area (Å²) in [6, 6.07) is 24.1. The Hall–Kier alpha value is -3.83. The van der Waals surface area contributed by atoms with Gasteiger partial charge in [0.1, 0.15) is 5.75 Å². The number of carbonyl (C=O) groups excluding carboxylic acids is 2. The van der Waals surface area contributed by atoms with E-state index in [-0.39, 0.29) is 24.1 Å². The first-order chi connectivity index (χ1) is 17.9. The van der Waals surface area contributed by atoms with Crippen LogP contribution in [-0.2, 0) is 20.7 Å². The van der Waals surface area contributed by atoms with Crippen LogP contribution < -0.4 is 5.32 Å². The van der Waals surface area contributed by atoms with Crippen LogP contribution in [0.2, 0.25) is 5.02 Å². The molecule has 0 aromatic heterocycles. The summed E-state index contributed by atoms with van der Waals surface area (Å²) in [7, 11) is 0. The lowest BCUT2D eigenvalue weighted by Gasteiger charge is -2.36. The van der Waals surface area contributed by atoms with E-state index >= 15 is 0 Å². The smallest absolute Gasteiger partial charge is 0.336 e. The number of dihydropyridines is 1. The number of rotatable bonds is 6. The molecule has 2 unspecified atom stereocenters. The van der Waals surface area contributed by atoms with Crippen LogP contribution in [0.25, 0.3) is 0 Å². The molecule has 188 valence electrons. The second kappa shape index (κ2) is 10.7. The Kier molecular flexibility index (Phi) is 7.15. The van der Waals surface area contributed by atoms with E-state index in [1.165, 1.54) is 0 Å². The van der Waals surface area contributed by atoms with Gasteiger partial charge in [0.2, 0.25) is 0 Å². The van der Waals surface area contributed by atoms with Crippen molar-refractivity contribution in [2.75, 3.05) is 6.61 Å². The van der Waals surface area contributed by atoms with Gasteiger partial charge >= 0.3 is 5.97 Å². The molecular formula is C31H28ClNO4. The molecule has 0 bridgehead atoms. The number of ether oxygens (including phenoxy) is 1. The van der Waals surface area contributed by atoms with Gasteiger partial charge in [-0.05, 0) is 60.2 Å². The van der Waals surface area contributed by atoms with Gasteiger partial charge in [-0.2, -0.15) is 0 Å². The molecule has 37 heavy (non-hydrogen) atoms. The highest BCUT2D eigenvalue weighted by Gasteiger charge is 2.41. The summed E-state index contributed by atoms with van der Waals surface area (Å²) in [6.45, 7) is 2.09. The lowest BCUT2D eigenvalue weighted by atomic mass is 9.72. The minimum Gasteiger partial charge on any atom is -0.508 e. The van der Waals surface area contributed by atoms with Crippen molar-refractivity contribution < 1.29 is 19.4 Å². The average molecular weight is 514 g/mol. The molecule has 2 aliphatic rings. The number of Topliss-reactive ketones (excluding diaryl/α,β-unsaturated/α-hetero) is 1. The Morgan fingerprint density at radius 1 is 0.973 bits per heavy atom. The lowest BCUT2D eigenvalue weighted by molar-refractivity contribution is -0.139. The quantitative estimate of drug-likeness (QED) is 0.384. The van der Waals surface area contributed by atoms with Gasteiger partial charge < -0.3 is 15.2 Å². The number of halogens is 1. The van der Waals surface area contributed by atoms with Crippen molar-refractivity contribution in [1.82, 2.24) is 5.32 Å². The normalized spacial score (nSPS) is 19.4. The molecule has 3 aromatic carbocycles. The standard InChI is InChI=1S/C31H28ClNO4/c1-19-28(31(36)37-16-15-20-5-3-2-4-6-20)29(22-9-13-25(34)14-10-22)30-26(33-19)17-23(18-27(30)35)21-7-11-24(32)12-8-21/h2-14,23,29,33-34H,15-18H2,1H3. The minimum atomic E-state index is -0.570. The average Bonchev–Trinajstić information content (AvgIpc) is 2.89. The number of hydrogen-bond donors (Lipinski definition) is 2. The van der Waals surface area contributed by atoms with Gasteiger partial charge in [-0.3, -0.25) is 4.79 Å². The minimum absolute atomic E-state index is 0.00568. The number of carbonyl (C=O) groups is 2. The SMILES string of the molecule is CC1=C(C(=O)OCCc2ccccc2)C(c2ccc(O)cc2)C2=C(CC(c3ccc(Cl)cc3)CC2=O)N1. The van der Waals surface area contributed by atoms with Crippen molar-refractivity contribution in [1.29, 1.82) is 0 Å². The Bertz CT molecular complexity index is 1370. The van der Waals surface area contributed by atoms with Gasteiger partial charge in [0.25, 0.3) is 0 Å². The zero-order valence-corrected chi connectivity index (χ0v) is 21.3. The number of hydrogen-bond acceptors (Lipinski definition) is 5. The third-order valence-corrected chi connectivity index (χ3v) is 7.33. The molecule has 0 spiro atoms. The molecule has 0 saturated heterocycles. The van der Waals surface area contributed by atoms with Crippen molar-refractivity contribution >= 4 is 23.4 Å². The maximum absolute atomic E-state index is 13.7. The molecule has 5 rings (SSSR count). The lowest BCUT2D eigenvalue weighted by Crippen LogP contribution is -2.36. The highest BCUT2D eigenvalue weighted by Crippen LogP contribution is 2.46. The molecule has 0 radical (unpaired) electrons. The van der Waals surface area contributed by atoms with Gasteiger partial charge in [-0.15, -0.1) is 0 Å². The number of ketones is 1. The van der Waals surface area contributed by atoms with Gasteiger partial charge in [0.05, 0.1) is 12.2 Å². The number of nitrogens with one attached hydrogen (secondary N) is 1. The number of allylic oxidation sites excluding steroid dienone is 3. The summed E-state index contributed by atoms with van der Waals surface area (Å²) in [5, 5.41) is 13.9. The van der Waals surface area contributed by atoms with Crippen LogP contribution in [0, 0.1) is 0 Å². The molecule has 0 saturated carbocycles. The molecule has 2 atom stereocenters. The fourth-order valence-corrected chi connectivity index (χ4v) is 5.39. The predicted molar refractivity (Wildman–Crippen MR) is 143 cm³/mol. The topological polar surface area (TPSA) is 75.6 Å². The molecule has 1 aliphatic heterocycles. The van der Waals surface area contributed by atoms with E-state index in [1.54, 1.807) is 24.3 Å². The van der Waals surface area contributed by atoms with Gasteiger partial charge in [-0.1, -0.05) is 66.2 Å². The molecule has 3 aromatic rings. The fourth-order valence-electron chi connectivity index (χ4n) is 5.26. The summed E-state index contributed by atoms with van der Waals surface area (Å²) in [4.78, 5) is 27.1. The van der Waals surface area contributed by atoms with Crippen molar-refractivity contribution in [3.63, 3.8) is 0 Å². The third kappa shape index (κ3) is 5.32. The highest BCUT2D eigenvalue weighted by atomic mass is 35.5. The summed E-state index contributed by atoms with van der Waals surface area (Å²) in [6.07, 6.45) is 1.59. The molecule has 5 nitrogen and oxygen atoms in total. The Morgan fingerprint density at radius 3 is 2.35 bits per heavy atom. The molecule has 1 heterocycles. The Balaban J connectivity index is 1.45. The first-order valence-corrected chi connectivity index (χ1v) is 12.8. The van der Waals surface area contributed by atoms with E-state index in [0.717, 1.165) is 22.4 Å². The number of benzene rings is 3. The van der Waals surface area contributed by atoms with Crippen molar-refractivity contribution in [2.24, 2.45) is 0 Å². The van der Waals surface area contributed by atoms with Crippen LogP contribution in [-0.4, -0.2) is 23.5 Å². The summed E-state index contributed by atoms with van der Waals surface area (Å²) in [5.74, 6) is -0.882. The second-order valence-corrected chi connectivity index (χ2v) is 9.97. The monoisotopic (exact) mass is 513 g/mol. The summed E-state index contributed by atoms with van der Waals surface area (Å²) >= 11 is 6.07. The molecule has 2 N–H and O–H groups in total. The van der Waals surface area contributed by atoms with Gasteiger partial charge in [0, 0.05) is 40.7 Å². The maximum Gasteiger partial charge on any atom is 0.336 e. The molecule has 6 heteroatoms. The third-order valence-electron chi connectivity index (χ3n) is 7.08. The molecule has 1 aliphatic carbocycles.